The van der Waals surface area contributed by atoms with Gasteiger partial charge in [0.25, 0.3) is 0 Å². The molecule has 0 spiro atoms. The standard InChI is InChI=1S/C18H23ClN8S.HI/c1-20-18(23-9-10-28-14-5-3-13(19)4-6-14)22-8-7-21-16-15-11-26-27(2)17(15)25-12-24-16;/h3-6,11-12H,7-10H2,1-2H3,(H2,20,22,23)(H,21,24,25);1H. The van der Waals surface area contributed by atoms with Gasteiger partial charge in [0.1, 0.15) is 12.1 Å². The molecule has 0 aliphatic rings. The summed E-state index contributed by atoms with van der Waals surface area (Å²) in [5, 5.41) is 15.8. The number of hydrogen-bond donors (Lipinski definition) is 3. The lowest BCUT2D eigenvalue weighted by Crippen LogP contribution is -2.40. The average Bonchev–Trinajstić information content (AvgIpc) is 3.10. The minimum absolute atomic E-state index is 0. The van der Waals surface area contributed by atoms with Crippen LogP contribution in [0.1, 0.15) is 0 Å². The van der Waals surface area contributed by atoms with Crippen LogP contribution in [0, 0.1) is 0 Å². The third kappa shape index (κ3) is 6.89. The molecule has 0 saturated heterocycles. The molecule has 3 aromatic rings. The van der Waals surface area contributed by atoms with Gasteiger partial charge in [-0.25, -0.2) is 9.97 Å². The molecule has 0 amide bonds. The van der Waals surface area contributed by atoms with Crippen LogP contribution in [0.2, 0.25) is 5.02 Å². The van der Waals surface area contributed by atoms with Crippen LogP contribution in [0.3, 0.4) is 0 Å². The molecule has 156 valence electrons. The van der Waals surface area contributed by atoms with Crippen molar-refractivity contribution in [3.63, 3.8) is 0 Å². The second kappa shape index (κ2) is 12.0. The van der Waals surface area contributed by atoms with E-state index in [2.05, 4.69) is 36.0 Å². The van der Waals surface area contributed by atoms with Gasteiger partial charge in [0.2, 0.25) is 0 Å². The predicted molar refractivity (Wildman–Crippen MR) is 132 cm³/mol. The molecule has 29 heavy (non-hydrogen) atoms. The van der Waals surface area contributed by atoms with Gasteiger partial charge in [0.05, 0.1) is 11.6 Å². The quantitative estimate of drug-likeness (QED) is 0.132. The predicted octanol–water partition coefficient (Wildman–Crippen LogP) is 3.00. The SMILES string of the molecule is CN=C(NCCNc1ncnc2c1cnn2C)NCCSc1ccc(Cl)cc1.I. The van der Waals surface area contributed by atoms with E-state index in [1.54, 1.807) is 36.0 Å². The Morgan fingerprint density at radius 3 is 2.66 bits per heavy atom. The maximum absolute atomic E-state index is 5.90. The molecule has 0 atom stereocenters. The van der Waals surface area contributed by atoms with Crippen molar-refractivity contribution < 1.29 is 0 Å². The average molecular weight is 547 g/mol. The maximum atomic E-state index is 5.90. The summed E-state index contributed by atoms with van der Waals surface area (Å²) in [6, 6.07) is 7.86. The van der Waals surface area contributed by atoms with Crippen molar-refractivity contribution in [2.45, 2.75) is 4.90 Å². The van der Waals surface area contributed by atoms with Crippen molar-refractivity contribution in [2.24, 2.45) is 12.0 Å². The van der Waals surface area contributed by atoms with Gasteiger partial charge < -0.3 is 16.0 Å². The fourth-order valence-electron chi connectivity index (χ4n) is 2.55. The Labute approximate surface area is 196 Å². The number of aliphatic imine (C=N–C) groups is 1. The number of hydrogen-bond acceptors (Lipinski definition) is 6. The van der Waals surface area contributed by atoms with Crippen LogP contribution < -0.4 is 16.0 Å². The van der Waals surface area contributed by atoms with Crippen LogP contribution in [0.15, 0.2) is 46.7 Å². The van der Waals surface area contributed by atoms with E-state index in [0.29, 0.717) is 13.1 Å². The molecule has 0 aliphatic heterocycles. The summed E-state index contributed by atoms with van der Waals surface area (Å²) >= 11 is 7.67. The number of nitrogens with zero attached hydrogens (tertiary/aromatic N) is 5. The molecular formula is C18H24ClIN8S. The normalized spacial score (nSPS) is 11.2. The van der Waals surface area contributed by atoms with E-state index in [0.717, 1.165) is 40.1 Å². The second-order valence-electron chi connectivity index (χ2n) is 5.88. The van der Waals surface area contributed by atoms with E-state index < -0.39 is 0 Å². The van der Waals surface area contributed by atoms with E-state index in [9.17, 15) is 0 Å². The lowest BCUT2D eigenvalue weighted by molar-refractivity contribution is 0.785. The van der Waals surface area contributed by atoms with Gasteiger partial charge in [0.15, 0.2) is 11.6 Å². The molecule has 1 aromatic carbocycles. The van der Waals surface area contributed by atoms with Crippen molar-refractivity contribution in [1.29, 1.82) is 0 Å². The highest BCUT2D eigenvalue weighted by Crippen LogP contribution is 2.19. The van der Waals surface area contributed by atoms with Crippen molar-refractivity contribution in [3.8, 4) is 0 Å². The van der Waals surface area contributed by atoms with Gasteiger partial charge in [0, 0.05) is 49.4 Å². The van der Waals surface area contributed by atoms with Crippen molar-refractivity contribution in [3.05, 3.63) is 41.8 Å². The summed E-state index contributed by atoms with van der Waals surface area (Å²) in [6.45, 7) is 2.21. The highest BCUT2D eigenvalue weighted by molar-refractivity contribution is 14.0. The first-order valence-corrected chi connectivity index (χ1v) is 10.2. The zero-order valence-corrected chi connectivity index (χ0v) is 20.1. The molecule has 2 heterocycles. The number of benzene rings is 1. The van der Waals surface area contributed by atoms with Gasteiger partial charge in [-0.3, -0.25) is 9.67 Å². The van der Waals surface area contributed by atoms with E-state index in [-0.39, 0.29) is 24.0 Å². The van der Waals surface area contributed by atoms with E-state index in [4.69, 9.17) is 11.6 Å². The maximum Gasteiger partial charge on any atom is 0.191 e. The molecule has 11 heteroatoms. The van der Waals surface area contributed by atoms with Gasteiger partial charge in [-0.2, -0.15) is 5.10 Å². The number of aryl methyl sites for hydroxylation is 1. The van der Waals surface area contributed by atoms with Crippen molar-refractivity contribution in [2.75, 3.05) is 37.8 Å². The van der Waals surface area contributed by atoms with Crippen LogP contribution in [-0.4, -0.2) is 58.1 Å². The Bertz CT molecular complexity index is 931. The fraction of sp³-hybridized carbons (Fsp3) is 0.333. The number of aromatic nitrogens is 4. The first-order valence-electron chi connectivity index (χ1n) is 8.87. The number of halogens is 2. The largest absolute Gasteiger partial charge is 0.368 e. The monoisotopic (exact) mass is 546 g/mol. The summed E-state index contributed by atoms with van der Waals surface area (Å²) in [7, 11) is 3.63. The van der Waals surface area contributed by atoms with E-state index >= 15 is 0 Å². The number of nitrogens with one attached hydrogen (secondary N) is 3. The highest BCUT2D eigenvalue weighted by atomic mass is 127. The van der Waals surface area contributed by atoms with Gasteiger partial charge in [-0.15, -0.1) is 35.7 Å². The molecule has 3 rings (SSSR count). The number of anilines is 1. The Kier molecular flexibility index (Phi) is 9.74. The minimum Gasteiger partial charge on any atom is -0.368 e. The molecule has 0 fully saturated rings. The number of rotatable bonds is 8. The van der Waals surface area contributed by atoms with Crippen LogP contribution >= 0.6 is 47.3 Å². The molecule has 0 unspecified atom stereocenters. The molecule has 8 nitrogen and oxygen atoms in total. The third-order valence-corrected chi connectivity index (χ3v) is 5.21. The fourth-order valence-corrected chi connectivity index (χ4v) is 3.45. The topological polar surface area (TPSA) is 92.1 Å². The number of thioether (sulfide) groups is 1. The van der Waals surface area contributed by atoms with Gasteiger partial charge in [-0.1, -0.05) is 11.6 Å². The molecule has 0 bridgehead atoms. The summed E-state index contributed by atoms with van der Waals surface area (Å²) < 4.78 is 1.73. The first-order chi connectivity index (χ1) is 13.7. The zero-order chi connectivity index (χ0) is 19.8. The smallest absolute Gasteiger partial charge is 0.191 e. The van der Waals surface area contributed by atoms with E-state index in [1.165, 1.54) is 4.90 Å². The highest BCUT2D eigenvalue weighted by Gasteiger charge is 2.07. The molecule has 0 aliphatic carbocycles. The zero-order valence-electron chi connectivity index (χ0n) is 16.2. The summed E-state index contributed by atoms with van der Waals surface area (Å²) in [6.07, 6.45) is 3.31. The third-order valence-electron chi connectivity index (χ3n) is 3.94. The molecular weight excluding hydrogens is 523 g/mol. The Balaban J connectivity index is 0.00000300. The van der Waals surface area contributed by atoms with Crippen LogP contribution in [0.4, 0.5) is 5.82 Å². The van der Waals surface area contributed by atoms with Crippen LogP contribution in [-0.2, 0) is 7.05 Å². The van der Waals surface area contributed by atoms with Crippen LogP contribution in [0.25, 0.3) is 11.0 Å². The number of fused-ring (bicyclic) bond motifs is 1. The molecule has 0 radical (unpaired) electrons. The Morgan fingerprint density at radius 2 is 1.90 bits per heavy atom. The Morgan fingerprint density at radius 1 is 1.14 bits per heavy atom. The summed E-state index contributed by atoms with van der Waals surface area (Å²) in [4.78, 5) is 14.0. The molecule has 2 aromatic heterocycles. The lowest BCUT2D eigenvalue weighted by atomic mass is 10.4. The second-order valence-corrected chi connectivity index (χ2v) is 7.49. The molecule has 0 saturated carbocycles. The van der Waals surface area contributed by atoms with Crippen molar-refractivity contribution in [1.82, 2.24) is 30.4 Å². The minimum atomic E-state index is 0. The summed E-state index contributed by atoms with van der Waals surface area (Å²) in [5.41, 5.74) is 0.807. The molecule has 3 N–H and O–H groups in total. The lowest BCUT2D eigenvalue weighted by Gasteiger charge is -2.12. The summed E-state index contributed by atoms with van der Waals surface area (Å²) in [5.74, 6) is 2.48. The van der Waals surface area contributed by atoms with Crippen LogP contribution in [0.5, 0.6) is 0 Å². The van der Waals surface area contributed by atoms with Gasteiger partial charge in [-0.05, 0) is 24.3 Å². The first kappa shape index (κ1) is 23.5. The van der Waals surface area contributed by atoms with Gasteiger partial charge >= 0.3 is 0 Å². The Hall–Kier alpha value is -1.79. The van der Waals surface area contributed by atoms with E-state index in [1.807, 2.05) is 31.3 Å². The van der Waals surface area contributed by atoms with Crippen molar-refractivity contribution >= 4 is 70.2 Å². The number of guanidine groups is 1.